The molecular weight excluding hydrogens is 370 g/mol. The molecule has 7 heteroatoms. The quantitative estimate of drug-likeness (QED) is 0.762. The lowest BCUT2D eigenvalue weighted by molar-refractivity contribution is -0.146. The number of nitrogens with zero attached hydrogens (tertiary/aromatic N) is 3. The van der Waals surface area contributed by atoms with Gasteiger partial charge in [0.1, 0.15) is 6.61 Å². The minimum absolute atomic E-state index is 0.0265. The number of likely N-dealkylation sites (tertiary alicyclic amines) is 1. The Kier molecular flexibility index (Phi) is 6.90. The van der Waals surface area contributed by atoms with Crippen molar-refractivity contribution in [3.8, 4) is 0 Å². The van der Waals surface area contributed by atoms with E-state index in [2.05, 4.69) is 25.1 Å². The van der Waals surface area contributed by atoms with Gasteiger partial charge >= 0.3 is 0 Å². The van der Waals surface area contributed by atoms with Crippen LogP contribution in [0.15, 0.2) is 24.3 Å². The molecule has 7 nitrogen and oxygen atoms in total. The fraction of sp³-hybridized carbons (Fsp3) is 0.591. The van der Waals surface area contributed by atoms with Gasteiger partial charge in [-0.2, -0.15) is 0 Å². The van der Waals surface area contributed by atoms with Crippen LogP contribution in [0.25, 0.3) is 0 Å². The number of methoxy groups -OCH3 is 1. The van der Waals surface area contributed by atoms with Gasteiger partial charge in [0, 0.05) is 59.2 Å². The number of benzene rings is 1. The molecular formula is C22H31N3O4. The van der Waals surface area contributed by atoms with E-state index in [0.29, 0.717) is 39.3 Å². The summed E-state index contributed by atoms with van der Waals surface area (Å²) in [5, 5.41) is 0. The molecule has 2 aliphatic rings. The first-order chi connectivity index (χ1) is 13.9. The maximum atomic E-state index is 13.3. The number of piperidine rings is 1. The standard InChI is InChI=1S/C22H31N3O4/c1-16-5-4-6-18(11-16)19-12-20(14-25(13-19)21(27)15-29-3)22(28)24-9-7-23(8-10-24)17(2)26/h4-6,11,19-20H,7-10,12-15H2,1-3H3. The molecule has 2 fully saturated rings. The van der Waals surface area contributed by atoms with Crippen molar-refractivity contribution in [3.63, 3.8) is 0 Å². The maximum absolute atomic E-state index is 13.3. The zero-order valence-electron chi connectivity index (χ0n) is 17.6. The molecule has 2 atom stereocenters. The third kappa shape index (κ3) is 5.15. The fourth-order valence-corrected chi connectivity index (χ4v) is 4.36. The number of amides is 3. The van der Waals surface area contributed by atoms with Gasteiger partial charge in [0.15, 0.2) is 0 Å². The van der Waals surface area contributed by atoms with Crippen LogP contribution in [0.3, 0.4) is 0 Å². The molecule has 2 unspecified atom stereocenters. The highest BCUT2D eigenvalue weighted by atomic mass is 16.5. The Morgan fingerprint density at radius 1 is 1.03 bits per heavy atom. The first kappa shape index (κ1) is 21.3. The van der Waals surface area contributed by atoms with Gasteiger partial charge in [-0.15, -0.1) is 0 Å². The molecule has 2 aliphatic heterocycles. The second-order valence-corrected chi connectivity index (χ2v) is 8.11. The predicted molar refractivity (Wildman–Crippen MR) is 109 cm³/mol. The number of carbonyl (C=O) groups excluding carboxylic acids is 3. The molecule has 1 aromatic carbocycles. The number of carbonyl (C=O) groups is 3. The summed E-state index contributed by atoms with van der Waals surface area (Å²) in [6, 6.07) is 8.30. The molecule has 3 amide bonds. The molecule has 0 radical (unpaired) electrons. The Hall–Kier alpha value is -2.41. The number of hydrogen-bond donors (Lipinski definition) is 0. The summed E-state index contributed by atoms with van der Waals surface area (Å²) in [5.41, 5.74) is 2.34. The highest BCUT2D eigenvalue weighted by Crippen LogP contribution is 2.32. The summed E-state index contributed by atoms with van der Waals surface area (Å²) >= 11 is 0. The Balaban J connectivity index is 1.74. The van der Waals surface area contributed by atoms with Crippen LogP contribution in [0.4, 0.5) is 0 Å². The molecule has 0 bridgehead atoms. The van der Waals surface area contributed by atoms with Crippen molar-refractivity contribution in [3.05, 3.63) is 35.4 Å². The molecule has 0 N–H and O–H groups in total. The van der Waals surface area contributed by atoms with Gasteiger partial charge in [0.25, 0.3) is 0 Å². The number of ether oxygens (including phenoxy) is 1. The van der Waals surface area contributed by atoms with Crippen molar-refractivity contribution in [1.82, 2.24) is 14.7 Å². The molecule has 1 aromatic rings. The normalized spacial score (nSPS) is 22.5. The summed E-state index contributed by atoms with van der Waals surface area (Å²) in [7, 11) is 1.51. The topological polar surface area (TPSA) is 70.2 Å². The lowest BCUT2D eigenvalue weighted by Crippen LogP contribution is -2.54. The molecule has 0 saturated carbocycles. The van der Waals surface area contributed by atoms with Crippen molar-refractivity contribution < 1.29 is 19.1 Å². The zero-order chi connectivity index (χ0) is 21.0. The van der Waals surface area contributed by atoms with Crippen molar-refractivity contribution in [2.24, 2.45) is 5.92 Å². The van der Waals surface area contributed by atoms with E-state index >= 15 is 0 Å². The minimum atomic E-state index is -0.237. The summed E-state index contributed by atoms with van der Waals surface area (Å²) in [6.07, 6.45) is 0.728. The van der Waals surface area contributed by atoms with Gasteiger partial charge in [-0.1, -0.05) is 29.8 Å². The Morgan fingerprint density at radius 3 is 2.34 bits per heavy atom. The average molecular weight is 402 g/mol. The van der Waals surface area contributed by atoms with Gasteiger partial charge in [0.05, 0.1) is 5.92 Å². The van der Waals surface area contributed by atoms with Crippen LogP contribution in [-0.2, 0) is 19.1 Å². The van der Waals surface area contributed by atoms with Crippen LogP contribution in [0.2, 0.25) is 0 Å². The molecule has 0 aliphatic carbocycles. The predicted octanol–water partition coefficient (Wildman–Crippen LogP) is 1.26. The monoisotopic (exact) mass is 401 g/mol. The highest BCUT2D eigenvalue weighted by Gasteiger charge is 2.37. The van der Waals surface area contributed by atoms with Gasteiger partial charge in [0.2, 0.25) is 17.7 Å². The van der Waals surface area contributed by atoms with Crippen molar-refractivity contribution >= 4 is 17.7 Å². The fourth-order valence-electron chi connectivity index (χ4n) is 4.36. The number of aryl methyl sites for hydroxylation is 1. The zero-order valence-corrected chi connectivity index (χ0v) is 17.6. The van der Waals surface area contributed by atoms with Crippen LogP contribution < -0.4 is 0 Å². The minimum Gasteiger partial charge on any atom is -0.375 e. The molecule has 0 aromatic heterocycles. The van der Waals surface area contributed by atoms with E-state index in [9.17, 15) is 14.4 Å². The Morgan fingerprint density at radius 2 is 1.72 bits per heavy atom. The molecule has 0 spiro atoms. The van der Waals surface area contributed by atoms with E-state index < -0.39 is 0 Å². The van der Waals surface area contributed by atoms with Crippen molar-refractivity contribution in [2.45, 2.75) is 26.2 Å². The van der Waals surface area contributed by atoms with Gasteiger partial charge < -0.3 is 19.4 Å². The lowest BCUT2D eigenvalue weighted by Gasteiger charge is -2.41. The lowest BCUT2D eigenvalue weighted by atomic mass is 9.83. The number of rotatable bonds is 4. The molecule has 158 valence electrons. The number of hydrogen-bond acceptors (Lipinski definition) is 4. The van der Waals surface area contributed by atoms with Gasteiger partial charge in [-0.3, -0.25) is 14.4 Å². The Labute approximate surface area is 172 Å². The van der Waals surface area contributed by atoms with Gasteiger partial charge in [-0.25, -0.2) is 0 Å². The third-order valence-corrected chi connectivity index (χ3v) is 5.97. The van der Waals surface area contributed by atoms with Gasteiger partial charge in [-0.05, 0) is 18.9 Å². The second kappa shape index (κ2) is 9.39. The van der Waals surface area contributed by atoms with Crippen molar-refractivity contribution in [1.29, 1.82) is 0 Å². The van der Waals surface area contributed by atoms with Crippen LogP contribution in [0.1, 0.15) is 30.4 Å². The van der Waals surface area contributed by atoms with Crippen LogP contribution in [0, 0.1) is 12.8 Å². The molecule has 3 rings (SSSR count). The second-order valence-electron chi connectivity index (χ2n) is 8.11. The summed E-state index contributed by atoms with van der Waals surface area (Å²) in [6.45, 7) is 6.92. The summed E-state index contributed by atoms with van der Waals surface area (Å²) < 4.78 is 5.04. The highest BCUT2D eigenvalue weighted by molar-refractivity contribution is 5.82. The Bertz CT molecular complexity index is 758. The molecule has 29 heavy (non-hydrogen) atoms. The van der Waals surface area contributed by atoms with Crippen LogP contribution >= 0.6 is 0 Å². The van der Waals surface area contributed by atoms with E-state index in [4.69, 9.17) is 4.74 Å². The molecule has 2 heterocycles. The van der Waals surface area contributed by atoms with E-state index in [0.717, 1.165) is 6.42 Å². The van der Waals surface area contributed by atoms with Crippen molar-refractivity contribution in [2.75, 3.05) is 53.0 Å². The first-order valence-corrected chi connectivity index (χ1v) is 10.3. The van der Waals surface area contributed by atoms with E-state index in [1.165, 1.54) is 18.2 Å². The van der Waals surface area contributed by atoms with E-state index in [1.54, 1.807) is 16.7 Å². The summed E-state index contributed by atoms with van der Waals surface area (Å²) in [5.74, 6) is -0.0636. The van der Waals surface area contributed by atoms with Crippen LogP contribution in [0.5, 0.6) is 0 Å². The maximum Gasteiger partial charge on any atom is 0.248 e. The largest absolute Gasteiger partial charge is 0.375 e. The smallest absolute Gasteiger partial charge is 0.248 e. The van der Waals surface area contributed by atoms with Crippen LogP contribution in [-0.4, -0.2) is 85.4 Å². The molecule has 2 saturated heterocycles. The third-order valence-electron chi connectivity index (χ3n) is 5.97. The SMILES string of the molecule is COCC(=O)N1CC(C(=O)N2CCN(C(C)=O)CC2)CC(c2cccc(C)c2)C1. The average Bonchev–Trinajstić information content (AvgIpc) is 2.73. The first-order valence-electron chi connectivity index (χ1n) is 10.3. The van der Waals surface area contributed by atoms with E-state index in [-0.39, 0.29) is 36.2 Å². The number of piperazine rings is 1. The van der Waals surface area contributed by atoms with E-state index in [1.807, 2.05) is 11.0 Å². The summed E-state index contributed by atoms with van der Waals surface area (Å²) in [4.78, 5) is 42.7.